The Morgan fingerprint density at radius 1 is 1.15 bits per heavy atom. The first kappa shape index (κ1) is 17.7. The first-order valence-corrected chi connectivity index (χ1v) is 9.36. The van der Waals surface area contributed by atoms with E-state index in [0.717, 1.165) is 37.4 Å². The number of aromatic nitrogens is 1. The summed E-state index contributed by atoms with van der Waals surface area (Å²) in [5, 5.41) is 0. The summed E-state index contributed by atoms with van der Waals surface area (Å²) in [6.45, 7) is 5.22. The monoisotopic (exact) mass is 364 g/mol. The van der Waals surface area contributed by atoms with Gasteiger partial charge in [0.2, 0.25) is 5.91 Å². The minimum atomic E-state index is -0.359. The number of nitrogens with zero attached hydrogens (tertiary/aromatic N) is 4. The van der Waals surface area contributed by atoms with Crippen LogP contribution in [0.2, 0.25) is 0 Å². The first-order chi connectivity index (χ1) is 13.0. The van der Waals surface area contributed by atoms with Gasteiger partial charge in [-0.25, -0.2) is 0 Å². The Morgan fingerprint density at radius 2 is 1.93 bits per heavy atom. The highest BCUT2D eigenvalue weighted by molar-refractivity contribution is 6.11. The van der Waals surface area contributed by atoms with Crippen LogP contribution in [-0.2, 0) is 4.79 Å². The van der Waals surface area contributed by atoms with Crippen molar-refractivity contribution < 1.29 is 9.59 Å². The van der Waals surface area contributed by atoms with E-state index >= 15 is 0 Å². The van der Waals surface area contributed by atoms with Gasteiger partial charge in [0, 0.05) is 38.1 Å². The number of carbonyl (C=O) groups excluding carboxylic acids is 2. The first-order valence-electron chi connectivity index (χ1n) is 9.36. The number of fused-ring (bicyclic) bond motifs is 1. The second-order valence-corrected chi connectivity index (χ2v) is 7.35. The maximum absolute atomic E-state index is 13.1. The van der Waals surface area contributed by atoms with E-state index in [1.807, 2.05) is 36.1 Å². The zero-order valence-corrected chi connectivity index (χ0v) is 15.8. The molecule has 0 bridgehead atoms. The summed E-state index contributed by atoms with van der Waals surface area (Å²) in [5.74, 6) is -0.00284. The minimum Gasteiger partial charge on any atom is -0.340 e. The van der Waals surface area contributed by atoms with Crippen LogP contribution in [0.15, 0.2) is 42.6 Å². The minimum absolute atomic E-state index is 0.0806. The van der Waals surface area contributed by atoms with Crippen molar-refractivity contribution in [1.29, 1.82) is 0 Å². The maximum atomic E-state index is 13.1. The molecule has 0 saturated carbocycles. The lowest BCUT2D eigenvalue weighted by atomic mass is 10.1. The number of pyridine rings is 1. The van der Waals surface area contributed by atoms with Gasteiger partial charge in [-0.05, 0) is 43.8 Å². The fraction of sp³-hybridized carbons (Fsp3) is 0.381. The SMILES string of the molecule is Cc1cccc(N2C(=O)c3cccnc3[C@@H]2CC(=O)N2CCN(C)CC2)c1. The Kier molecular flexibility index (Phi) is 4.66. The summed E-state index contributed by atoms with van der Waals surface area (Å²) < 4.78 is 0. The topological polar surface area (TPSA) is 56.8 Å². The van der Waals surface area contributed by atoms with Gasteiger partial charge in [0.15, 0.2) is 0 Å². The van der Waals surface area contributed by atoms with Crippen LogP contribution in [0.1, 0.15) is 34.1 Å². The molecule has 140 valence electrons. The third kappa shape index (κ3) is 3.32. The molecule has 2 aliphatic rings. The third-order valence-corrected chi connectivity index (χ3v) is 5.42. The quantitative estimate of drug-likeness (QED) is 0.838. The number of hydrogen-bond donors (Lipinski definition) is 0. The van der Waals surface area contributed by atoms with E-state index < -0.39 is 0 Å². The van der Waals surface area contributed by atoms with E-state index in [-0.39, 0.29) is 24.3 Å². The molecule has 2 aromatic rings. The second-order valence-electron chi connectivity index (χ2n) is 7.35. The van der Waals surface area contributed by atoms with Crippen LogP contribution in [0.5, 0.6) is 0 Å². The molecular formula is C21H24N4O2. The van der Waals surface area contributed by atoms with Gasteiger partial charge >= 0.3 is 0 Å². The van der Waals surface area contributed by atoms with Crippen molar-refractivity contribution in [3.63, 3.8) is 0 Å². The van der Waals surface area contributed by atoms with Crippen molar-refractivity contribution in [2.75, 3.05) is 38.1 Å². The van der Waals surface area contributed by atoms with Gasteiger partial charge in [-0.15, -0.1) is 0 Å². The molecule has 6 nitrogen and oxygen atoms in total. The molecule has 1 atom stereocenters. The standard InChI is InChI=1S/C21H24N4O2/c1-15-5-3-6-16(13-15)25-18(20-17(21(25)27)7-4-8-22-20)14-19(26)24-11-9-23(2)10-12-24/h3-8,13,18H,9-12,14H2,1-2H3/t18-/m0/s1. The average molecular weight is 364 g/mol. The predicted molar refractivity (Wildman–Crippen MR) is 104 cm³/mol. The average Bonchev–Trinajstić information content (AvgIpc) is 2.94. The number of rotatable bonds is 3. The molecule has 3 heterocycles. The van der Waals surface area contributed by atoms with Crippen LogP contribution >= 0.6 is 0 Å². The molecule has 6 heteroatoms. The third-order valence-electron chi connectivity index (χ3n) is 5.42. The van der Waals surface area contributed by atoms with E-state index in [4.69, 9.17) is 0 Å². The molecule has 1 fully saturated rings. The molecular weight excluding hydrogens is 340 g/mol. The van der Waals surface area contributed by atoms with E-state index in [1.54, 1.807) is 23.2 Å². The smallest absolute Gasteiger partial charge is 0.260 e. The lowest BCUT2D eigenvalue weighted by molar-refractivity contribution is -0.133. The summed E-state index contributed by atoms with van der Waals surface area (Å²) in [4.78, 5) is 36.4. The number of anilines is 1. The fourth-order valence-corrected chi connectivity index (χ4v) is 3.87. The highest BCUT2D eigenvalue weighted by Gasteiger charge is 2.40. The zero-order valence-electron chi connectivity index (χ0n) is 15.8. The van der Waals surface area contributed by atoms with Crippen LogP contribution in [0, 0.1) is 6.92 Å². The van der Waals surface area contributed by atoms with Crippen molar-refractivity contribution in [3.05, 3.63) is 59.4 Å². The maximum Gasteiger partial charge on any atom is 0.260 e. The van der Waals surface area contributed by atoms with E-state index in [2.05, 4.69) is 16.9 Å². The van der Waals surface area contributed by atoms with Crippen molar-refractivity contribution in [1.82, 2.24) is 14.8 Å². The van der Waals surface area contributed by atoms with Crippen molar-refractivity contribution in [2.45, 2.75) is 19.4 Å². The molecule has 4 rings (SSSR count). The number of hydrogen-bond acceptors (Lipinski definition) is 4. The Balaban J connectivity index is 1.64. The summed E-state index contributed by atoms with van der Waals surface area (Å²) >= 11 is 0. The Bertz CT molecular complexity index is 874. The van der Waals surface area contributed by atoms with Crippen molar-refractivity contribution >= 4 is 17.5 Å². The largest absolute Gasteiger partial charge is 0.340 e. The molecule has 0 unspecified atom stereocenters. The number of carbonyl (C=O) groups is 2. The molecule has 2 amide bonds. The second kappa shape index (κ2) is 7.12. The van der Waals surface area contributed by atoms with Gasteiger partial charge < -0.3 is 9.80 Å². The number of amides is 2. The predicted octanol–water partition coefficient (Wildman–Crippen LogP) is 2.26. The van der Waals surface area contributed by atoms with Gasteiger partial charge in [0.05, 0.1) is 23.7 Å². The number of aryl methyl sites for hydroxylation is 1. The molecule has 0 aliphatic carbocycles. The number of likely N-dealkylation sites (N-methyl/N-ethyl adjacent to an activating group) is 1. The normalized spacial score (nSPS) is 20.1. The molecule has 0 spiro atoms. The summed E-state index contributed by atoms with van der Waals surface area (Å²) in [5.41, 5.74) is 3.18. The Labute approximate surface area is 159 Å². The van der Waals surface area contributed by atoms with Crippen LogP contribution in [-0.4, -0.2) is 59.8 Å². The van der Waals surface area contributed by atoms with Crippen LogP contribution < -0.4 is 4.90 Å². The number of benzene rings is 1. The summed E-state index contributed by atoms with van der Waals surface area (Å²) in [6.07, 6.45) is 1.95. The van der Waals surface area contributed by atoms with Crippen molar-refractivity contribution in [2.24, 2.45) is 0 Å². The Hall–Kier alpha value is -2.73. The fourth-order valence-electron chi connectivity index (χ4n) is 3.87. The molecule has 27 heavy (non-hydrogen) atoms. The molecule has 1 aromatic carbocycles. The lowest BCUT2D eigenvalue weighted by Crippen LogP contribution is -2.47. The Morgan fingerprint density at radius 3 is 2.67 bits per heavy atom. The van der Waals surface area contributed by atoms with E-state index in [1.165, 1.54) is 0 Å². The van der Waals surface area contributed by atoms with Gasteiger partial charge in [-0.1, -0.05) is 12.1 Å². The summed E-state index contributed by atoms with van der Waals surface area (Å²) in [6, 6.07) is 11.1. The van der Waals surface area contributed by atoms with Crippen LogP contribution in [0.25, 0.3) is 0 Å². The lowest BCUT2D eigenvalue weighted by Gasteiger charge is -2.34. The van der Waals surface area contributed by atoms with Crippen LogP contribution in [0.3, 0.4) is 0 Å². The molecule has 0 N–H and O–H groups in total. The van der Waals surface area contributed by atoms with Gasteiger partial charge in [0.25, 0.3) is 5.91 Å². The van der Waals surface area contributed by atoms with Crippen molar-refractivity contribution in [3.8, 4) is 0 Å². The molecule has 2 aliphatic heterocycles. The van der Waals surface area contributed by atoms with Gasteiger partial charge in [-0.2, -0.15) is 0 Å². The molecule has 1 aromatic heterocycles. The molecule has 1 saturated heterocycles. The van der Waals surface area contributed by atoms with E-state index in [9.17, 15) is 9.59 Å². The highest BCUT2D eigenvalue weighted by Crippen LogP contribution is 2.38. The molecule has 0 radical (unpaired) electrons. The van der Waals surface area contributed by atoms with E-state index in [0.29, 0.717) is 11.3 Å². The zero-order chi connectivity index (χ0) is 19.0. The van der Waals surface area contributed by atoms with Gasteiger partial charge in [0.1, 0.15) is 0 Å². The van der Waals surface area contributed by atoms with Gasteiger partial charge in [-0.3, -0.25) is 19.5 Å². The van der Waals surface area contributed by atoms with Crippen LogP contribution in [0.4, 0.5) is 5.69 Å². The summed E-state index contributed by atoms with van der Waals surface area (Å²) in [7, 11) is 2.07. The highest BCUT2D eigenvalue weighted by atomic mass is 16.2. The number of piperazine rings is 1.